The number of hydrogen-bond donors (Lipinski definition) is 2. The second-order valence-electron chi connectivity index (χ2n) is 13.4. The fraction of sp³-hybridized carbons (Fsp3) is 0.562. The van der Waals surface area contributed by atoms with Crippen LogP contribution < -0.4 is 14.4 Å². The van der Waals surface area contributed by atoms with Crippen LogP contribution in [0, 0.1) is 5.82 Å². The Morgan fingerprint density at radius 1 is 1.24 bits per heavy atom. The van der Waals surface area contributed by atoms with E-state index in [0.717, 1.165) is 37.8 Å². The lowest BCUT2D eigenvalue weighted by Gasteiger charge is -2.31. The van der Waals surface area contributed by atoms with Crippen LogP contribution in [0.15, 0.2) is 12.3 Å². The van der Waals surface area contributed by atoms with E-state index in [2.05, 4.69) is 20.1 Å². The van der Waals surface area contributed by atoms with Gasteiger partial charge in [0.2, 0.25) is 5.88 Å². The molecule has 0 spiro atoms. The standard InChI is InChI=1S/C32H36ClF2N7O4/c1-31(43)14-41(8-9-45-15-31)28-24-27(38-30(39-28)46-16-32-6-3-7-42(32)13-18(34)11-32)25(35)26(37-29(24)44-2)23-19-12-36-40-21(19)10-20(33)22(23)17-4-5-17/h10,12,17-18,43H,3-9,11,13-16H2,1-2H3,(H,36,40)/t18-,31+,32+/m1/s1. The number of anilines is 1. The lowest BCUT2D eigenvalue weighted by molar-refractivity contribution is -0.0123. The molecule has 1 aromatic carbocycles. The molecular weight excluding hydrogens is 620 g/mol. The number of nitrogens with one attached hydrogen (secondary N) is 1. The van der Waals surface area contributed by atoms with E-state index in [-0.39, 0.29) is 54.2 Å². The zero-order chi connectivity index (χ0) is 31.8. The van der Waals surface area contributed by atoms with Crippen LogP contribution in [0.5, 0.6) is 11.9 Å². The Morgan fingerprint density at radius 2 is 2.09 bits per heavy atom. The lowest BCUT2D eigenvalue weighted by atomic mass is 9.95. The number of nitrogens with zero attached hydrogens (tertiary/aromatic N) is 6. The molecule has 0 radical (unpaired) electrons. The molecule has 3 saturated heterocycles. The Morgan fingerprint density at radius 3 is 2.89 bits per heavy atom. The van der Waals surface area contributed by atoms with Gasteiger partial charge in [-0.25, -0.2) is 13.8 Å². The zero-order valence-corrected chi connectivity index (χ0v) is 26.5. The smallest absolute Gasteiger partial charge is 0.319 e. The summed E-state index contributed by atoms with van der Waals surface area (Å²) in [5.41, 5.74) is 0.364. The zero-order valence-electron chi connectivity index (χ0n) is 25.8. The summed E-state index contributed by atoms with van der Waals surface area (Å²) in [4.78, 5) is 18.1. The third-order valence-electron chi connectivity index (χ3n) is 9.84. The van der Waals surface area contributed by atoms with Crippen molar-refractivity contribution < 1.29 is 28.1 Å². The third-order valence-corrected chi connectivity index (χ3v) is 10.2. The maximum absolute atomic E-state index is 17.2. The number of pyridine rings is 1. The summed E-state index contributed by atoms with van der Waals surface area (Å²) < 4.78 is 49.5. The van der Waals surface area contributed by atoms with Gasteiger partial charge in [-0.1, -0.05) is 11.6 Å². The van der Waals surface area contributed by atoms with Gasteiger partial charge in [0.05, 0.1) is 44.1 Å². The molecule has 2 N–H and O–H groups in total. The monoisotopic (exact) mass is 655 g/mol. The summed E-state index contributed by atoms with van der Waals surface area (Å²) in [6, 6.07) is 1.77. The molecule has 1 aliphatic carbocycles. The molecule has 4 aliphatic rings. The first-order chi connectivity index (χ1) is 22.2. The van der Waals surface area contributed by atoms with E-state index >= 15 is 4.39 Å². The van der Waals surface area contributed by atoms with Crippen LogP contribution in [0.2, 0.25) is 5.02 Å². The van der Waals surface area contributed by atoms with Crippen molar-refractivity contribution in [3.05, 3.63) is 28.7 Å². The van der Waals surface area contributed by atoms with Crippen LogP contribution in [0.4, 0.5) is 14.6 Å². The number of fused-ring (bicyclic) bond motifs is 3. The van der Waals surface area contributed by atoms with E-state index in [4.69, 9.17) is 35.8 Å². The van der Waals surface area contributed by atoms with Gasteiger partial charge in [0.1, 0.15) is 40.8 Å². The quantitative estimate of drug-likeness (QED) is 0.287. The van der Waals surface area contributed by atoms with E-state index in [1.165, 1.54) is 7.11 Å². The van der Waals surface area contributed by atoms with Gasteiger partial charge in [-0.3, -0.25) is 10.00 Å². The highest BCUT2D eigenvalue weighted by Gasteiger charge is 2.49. The Kier molecular flexibility index (Phi) is 7.24. The molecule has 8 rings (SSSR count). The molecule has 14 heteroatoms. The van der Waals surface area contributed by atoms with E-state index in [0.29, 0.717) is 53.4 Å². The predicted octanol–water partition coefficient (Wildman–Crippen LogP) is 4.79. The number of aromatic amines is 1. The molecule has 3 aliphatic heterocycles. The van der Waals surface area contributed by atoms with E-state index < -0.39 is 23.1 Å². The summed E-state index contributed by atoms with van der Waals surface area (Å²) in [6.45, 7) is 4.00. The molecule has 11 nitrogen and oxygen atoms in total. The number of H-pyrrole nitrogens is 1. The normalized spacial score (nSPS) is 27.0. The minimum absolute atomic E-state index is 0.0403. The second-order valence-corrected chi connectivity index (χ2v) is 13.8. The molecule has 6 heterocycles. The highest BCUT2D eigenvalue weighted by molar-refractivity contribution is 6.33. The molecule has 46 heavy (non-hydrogen) atoms. The van der Waals surface area contributed by atoms with Crippen LogP contribution in [0.25, 0.3) is 33.1 Å². The Labute approximate surface area is 269 Å². The first-order valence-corrected chi connectivity index (χ1v) is 16.2. The summed E-state index contributed by atoms with van der Waals surface area (Å²) >= 11 is 6.80. The van der Waals surface area contributed by atoms with Crippen LogP contribution in [0.3, 0.4) is 0 Å². The number of β-amino-alcohol motifs (C(OH)–C–C–N with tert-alkyl or cyclic N) is 1. The van der Waals surface area contributed by atoms with Gasteiger partial charge in [0.25, 0.3) is 0 Å². The number of ether oxygens (including phenoxy) is 3. The maximum Gasteiger partial charge on any atom is 0.319 e. The van der Waals surface area contributed by atoms with Crippen molar-refractivity contribution in [1.82, 2.24) is 30.0 Å². The van der Waals surface area contributed by atoms with Crippen LogP contribution in [-0.4, -0.2) is 106 Å². The fourth-order valence-corrected chi connectivity index (χ4v) is 8.00. The van der Waals surface area contributed by atoms with E-state index in [9.17, 15) is 9.50 Å². The fourth-order valence-electron chi connectivity index (χ4n) is 7.64. The average molecular weight is 656 g/mol. The van der Waals surface area contributed by atoms with Crippen molar-refractivity contribution in [2.24, 2.45) is 0 Å². The average Bonchev–Trinajstić information content (AvgIpc) is 3.56. The van der Waals surface area contributed by atoms with Gasteiger partial charge >= 0.3 is 6.01 Å². The van der Waals surface area contributed by atoms with Crippen LogP contribution >= 0.6 is 11.6 Å². The topological polar surface area (TPSA) is 122 Å². The molecule has 3 aromatic heterocycles. The molecule has 4 fully saturated rings. The Balaban J connectivity index is 1.32. The number of hydrogen-bond acceptors (Lipinski definition) is 10. The molecular formula is C32H36ClF2N7O4. The molecule has 244 valence electrons. The molecule has 0 bridgehead atoms. The third kappa shape index (κ3) is 5.02. The number of aliphatic hydroxyl groups is 1. The summed E-state index contributed by atoms with van der Waals surface area (Å²) in [6.07, 6.45) is 4.71. The molecule has 3 atom stereocenters. The van der Waals surface area contributed by atoms with Gasteiger partial charge in [0, 0.05) is 35.5 Å². The number of benzene rings is 1. The SMILES string of the molecule is COc1nc(-c2c(C3CC3)c(Cl)cc3[nH]ncc23)c(F)c2nc(OC[C@@]34CCCN3C[C@H](F)C4)nc(N3CCOC[C@@](C)(O)C3)c12. The van der Waals surface area contributed by atoms with E-state index in [1.807, 2.05) is 11.0 Å². The number of methoxy groups -OCH3 is 1. The van der Waals surface area contributed by atoms with Crippen molar-refractivity contribution >= 4 is 39.2 Å². The lowest BCUT2D eigenvalue weighted by Crippen LogP contribution is -2.44. The molecule has 4 aromatic rings. The number of rotatable bonds is 7. The van der Waals surface area contributed by atoms with Crippen LogP contribution in [-0.2, 0) is 4.74 Å². The van der Waals surface area contributed by atoms with Crippen molar-refractivity contribution in [3.8, 4) is 23.1 Å². The van der Waals surface area contributed by atoms with Crippen molar-refractivity contribution in [2.75, 3.05) is 58.0 Å². The molecule has 1 saturated carbocycles. The number of alkyl halides is 1. The maximum atomic E-state index is 17.2. The minimum atomic E-state index is -1.20. The molecule has 0 amide bonds. The number of halogens is 3. The largest absolute Gasteiger partial charge is 0.480 e. The van der Waals surface area contributed by atoms with Gasteiger partial charge in [0.15, 0.2) is 5.82 Å². The van der Waals surface area contributed by atoms with Crippen molar-refractivity contribution in [1.29, 1.82) is 0 Å². The molecule has 0 unspecified atom stereocenters. The van der Waals surface area contributed by atoms with Crippen molar-refractivity contribution in [2.45, 2.75) is 62.3 Å². The summed E-state index contributed by atoms with van der Waals surface area (Å²) in [7, 11) is 1.47. The van der Waals surface area contributed by atoms with Crippen molar-refractivity contribution in [3.63, 3.8) is 0 Å². The summed E-state index contributed by atoms with van der Waals surface area (Å²) in [5.74, 6) is -0.0896. The van der Waals surface area contributed by atoms with Gasteiger partial charge < -0.3 is 24.2 Å². The minimum Gasteiger partial charge on any atom is -0.480 e. The second kappa shape index (κ2) is 11.1. The Hall–Kier alpha value is -3.39. The Bertz CT molecular complexity index is 1840. The first-order valence-electron chi connectivity index (χ1n) is 15.8. The highest BCUT2D eigenvalue weighted by Crippen LogP contribution is 2.51. The van der Waals surface area contributed by atoms with Gasteiger partial charge in [-0.2, -0.15) is 15.1 Å². The van der Waals surface area contributed by atoms with Gasteiger partial charge in [-0.15, -0.1) is 0 Å². The predicted molar refractivity (Wildman–Crippen MR) is 168 cm³/mol. The summed E-state index contributed by atoms with van der Waals surface area (Å²) in [5, 5.41) is 19.6. The first kappa shape index (κ1) is 30.0. The highest BCUT2D eigenvalue weighted by atomic mass is 35.5. The van der Waals surface area contributed by atoms with E-state index in [1.54, 1.807) is 13.1 Å². The number of aromatic nitrogens is 5. The van der Waals surface area contributed by atoms with Crippen LogP contribution in [0.1, 0.15) is 50.5 Å². The van der Waals surface area contributed by atoms with Gasteiger partial charge in [-0.05, 0) is 56.7 Å².